The molecular weight excluding hydrogens is 426 g/mol. The Kier molecular flexibility index (Phi) is 6.90. The molecule has 29 heavy (non-hydrogen) atoms. The first kappa shape index (κ1) is 22.3. The monoisotopic (exact) mass is 441 g/mol. The molecule has 0 aliphatic heterocycles. The van der Waals surface area contributed by atoms with Crippen LogP contribution in [0, 0.1) is 10.1 Å². The third-order valence-electron chi connectivity index (χ3n) is 3.61. The van der Waals surface area contributed by atoms with E-state index in [1.165, 1.54) is 44.4 Å². The predicted molar refractivity (Wildman–Crippen MR) is 104 cm³/mol. The minimum atomic E-state index is -3.69. The van der Waals surface area contributed by atoms with E-state index in [1.54, 1.807) is 0 Å². The van der Waals surface area contributed by atoms with Crippen molar-refractivity contribution in [3.05, 3.63) is 63.2 Å². The number of benzene rings is 2. The molecule has 0 saturated heterocycles. The number of ether oxygens (including phenoxy) is 1. The second-order valence-electron chi connectivity index (χ2n) is 5.86. The van der Waals surface area contributed by atoms with Gasteiger partial charge in [0, 0.05) is 30.9 Å². The lowest BCUT2D eigenvalue weighted by Crippen LogP contribution is -2.23. The van der Waals surface area contributed by atoms with Crippen molar-refractivity contribution < 1.29 is 27.7 Å². The minimum Gasteiger partial charge on any atom is -0.452 e. The fraction of sp³-hybridized carbons (Fsp3) is 0.176. The van der Waals surface area contributed by atoms with Gasteiger partial charge in [-0.15, -0.1) is 0 Å². The van der Waals surface area contributed by atoms with Gasteiger partial charge in [-0.2, -0.15) is 0 Å². The molecule has 0 spiro atoms. The van der Waals surface area contributed by atoms with Gasteiger partial charge in [0.2, 0.25) is 10.0 Å². The highest BCUT2D eigenvalue weighted by Gasteiger charge is 2.23. The zero-order valence-corrected chi connectivity index (χ0v) is 16.9. The summed E-state index contributed by atoms with van der Waals surface area (Å²) in [6, 6.07) is 8.91. The topological polar surface area (TPSA) is 136 Å². The van der Waals surface area contributed by atoms with Gasteiger partial charge < -0.3 is 10.1 Å². The van der Waals surface area contributed by atoms with E-state index in [2.05, 4.69) is 5.32 Å². The van der Waals surface area contributed by atoms with Gasteiger partial charge in [-0.3, -0.25) is 14.9 Å². The van der Waals surface area contributed by atoms with Crippen LogP contribution < -0.4 is 5.32 Å². The maximum absolute atomic E-state index is 12.1. The smallest absolute Gasteiger partial charge is 0.345 e. The molecular formula is C17H16ClN3O7S. The number of nitrogens with zero attached hydrogens (tertiary/aromatic N) is 2. The number of rotatable bonds is 7. The molecule has 0 saturated carbocycles. The Morgan fingerprint density at radius 2 is 1.90 bits per heavy atom. The van der Waals surface area contributed by atoms with E-state index in [9.17, 15) is 28.1 Å². The molecule has 154 valence electrons. The lowest BCUT2D eigenvalue weighted by Gasteiger charge is -2.12. The standard InChI is InChI=1S/C17H16ClN3O7S/c1-20(2)29(26,27)13-5-3-4-12(9-13)19-16(22)10-28-17(23)14-7-6-11(18)8-15(14)21(24)25/h3-9H,10H2,1-2H3,(H,19,22). The molecule has 1 amide bonds. The van der Waals surface area contributed by atoms with Crippen molar-refractivity contribution in [1.82, 2.24) is 4.31 Å². The van der Waals surface area contributed by atoms with Gasteiger partial charge in [0.05, 0.1) is 9.82 Å². The number of halogens is 1. The summed E-state index contributed by atoms with van der Waals surface area (Å²) < 4.78 is 30.1. The summed E-state index contributed by atoms with van der Waals surface area (Å²) in [5.41, 5.74) is -0.734. The zero-order chi connectivity index (χ0) is 21.8. The maximum Gasteiger partial charge on any atom is 0.345 e. The van der Waals surface area contributed by atoms with Gasteiger partial charge in [-0.05, 0) is 30.3 Å². The molecule has 0 atom stereocenters. The van der Waals surface area contributed by atoms with Crippen LogP contribution in [0.3, 0.4) is 0 Å². The van der Waals surface area contributed by atoms with E-state index in [4.69, 9.17) is 16.3 Å². The fourth-order valence-electron chi connectivity index (χ4n) is 2.18. The van der Waals surface area contributed by atoms with Gasteiger partial charge >= 0.3 is 5.97 Å². The second kappa shape index (κ2) is 8.99. The van der Waals surface area contributed by atoms with Crippen LogP contribution in [0.4, 0.5) is 11.4 Å². The number of hydrogen-bond donors (Lipinski definition) is 1. The summed E-state index contributed by atoms with van der Waals surface area (Å²) >= 11 is 5.68. The highest BCUT2D eigenvalue weighted by atomic mass is 35.5. The van der Waals surface area contributed by atoms with Crippen LogP contribution in [0.2, 0.25) is 5.02 Å². The summed E-state index contributed by atoms with van der Waals surface area (Å²) in [5.74, 6) is -1.83. The summed E-state index contributed by atoms with van der Waals surface area (Å²) in [4.78, 5) is 34.3. The molecule has 12 heteroatoms. The molecule has 0 fully saturated rings. The first-order valence-corrected chi connectivity index (χ1v) is 9.77. The van der Waals surface area contributed by atoms with Crippen LogP contribution in [-0.2, 0) is 19.6 Å². The first-order valence-electron chi connectivity index (χ1n) is 7.96. The Morgan fingerprint density at radius 3 is 2.52 bits per heavy atom. The van der Waals surface area contributed by atoms with Gasteiger partial charge in [-0.1, -0.05) is 17.7 Å². The largest absolute Gasteiger partial charge is 0.452 e. The third kappa shape index (κ3) is 5.50. The number of esters is 1. The summed E-state index contributed by atoms with van der Waals surface area (Å²) in [6.45, 7) is -0.733. The molecule has 0 heterocycles. The molecule has 0 aliphatic rings. The maximum atomic E-state index is 12.1. The average Bonchev–Trinajstić information content (AvgIpc) is 2.66. The average molecular weight is 442 g/mol. The molecule has 0 aromatic heterocycles. The number of carbonyl (C=O) groups excluding carboxylic acids is 2. The van der Waals surface area contributed by atoms with Crippen LogP contribution >= 0.6 is 11.6 Å². The molecule has 1 N–H and O–H groups in total. The Hall–Kier alpha value is -3.02. The number of nitro benzene ring substituents is 1. The second-order valence-corrected chi connectivity index (χ2v) is 8.45. The molecule has 2 aromatic rings. The SMILES string of the molecule is CN(C)S(=O)(=O)c1cccc(NC(=O)COC(=O)c2ccc(Cl)cc2[N+](=O)[O-])c1. The highest BCUT2D eigenvalue weighted by molar-refractivity contribution is 7.89. The molecule has 0 unspecified atom stereocenters. The van der Waals surface area contributed by atoms with Crippen molar-refractivity contribution in [2.75, 3.05) is 26.0 Å². The Balaban J connectivity index is 2.06. The van der Waals surface area contributed by atoms with Crippen molar-refractivity contribution >= 4 is 44.9 Å². The van der Waals surface area contributed by atoms with Crippen LogP contribution in [0.5, 0.6) is 0 Å². The van der Waals surface area contributed by atoms with Gasteiger partial charge in [0.25, 0.3) is 11.6 Å². The minimum absolute atomic E-state index is 0.0333. The number of nitrogens with one attached hydrogen (secondary N) is 1. The quantitative estimate of drug-likeness (QED) is 0.395. The summed E-state index contributed by atoms with van der Waals surface area (Å²) in [6.07, 6.45) is 0. The first-order chi connectivity index (χ1) is 13.5. The van der Waals surface area contributed by atoms with Crippen LogP contribution in [0.25, 0.3) is 0 Å². The van der Waals surface area contributed by atoms with E-state index in [0.29, 0.717) is 0 Å². The van der Waals surface area contributed by atoms with Crippen LogP contribution in [0.15, 0.2) is 47.4 Å². The van der Waals surface area contributed by atoms with Crippen molar-refractivity contribution in [3.63, 3.8) is 0 Å². The Labute approximate surface area is 171 Å². The Bertz CT molecular complexity index is 1070. The number of hydrogen-bond acceptors (Lipinski definition) is 7. The van der Waals surface area contributed by atoms with E-state index in [1.807, 2.05) is 0 Å². The van der Waals surface area contributed by atoms with Gasteiger partial charge in [-0.25, -0.2) is 17.5 Å². The number of sulfonamides is 1. The van der Waals surface area contributed by atoms with Crippen LogP contribution in [0.1, 0.15) is 10.4 Å². The van der Waals surface area contributed by atoms with E-state index < -0.39 is 39.1 Å². The van der Waals surface area contributed by atoms with Gasteiger partial charge in [0.15, 0.2) is 6.61 Å². The lowest BCUT2D eigenvalue weighted by molar-refractivity contribution is -0.385. The van der Waals surface area contributed by atoms with Crippen LogP contribution in [-0.4, -0.2) is 50.2 Å². The van der Waals surface area contributed by atoms with Crippen molar-refractivity contribution in [2.24, 2.45) is 0 Å². The van der Waals surface area contributed by atoms with Crippen molar-refractivity contribution in [3.8, 4) is 0 Å². The molecule has 2 aromatic carbocycles. The molecule has 0 radical (unpaired) electrons. The lowest BCUT2D eigenvalue weighted by atomic mass is 10.2. The van der Waals surface area contributed by atoms with E-state index >= 15 is 0 Å². The zero-order valence-electron chi connectivity index (χ0n) is 15.3. The van der Waals surface area contributed by atoms with Gasteiger partial charge in [0.1, 0.15) is 5.56 Å². The number of amides is 1. The normalized spacial score (nSPS) is 11.2. The predicted octanol–water partition coefficient (Wildman–Crippen LogP) is 2.29. The van der Waals surface area contributed by atoms with Crippen molar-refractivity contribution in [2.45, 2.75) is 4.90 Å². The molecule has 2 rings (SSSR count). The van der Waals surface area contributed by atoms with E-state index in [0.717, 1.165) is 16.4 Å². The molecule has 10 nitrogen and oxygen atoms in total. The third-order valence-corrected chi connectivity index (χ3v) is 5.65. The van der Waals surface area contributed by atoms with E-state index in [-0.39, 0.29) is 21.2 Å². The number of nitro groups is 1. The fourth-order valence-corrected chi connectivity index (χ4v) is 3.29. The number of carbonyl (C=O) groups is 2. The molecule has 0 aliphatic carbocycles. The molecule has 0 bridgehead atoms. The Morgan fingerprint density at radius 1 is 1.21 bits per heavy atom. The number of anilines is 1. The summed E-state index contributed by atoms with van der Waals surface area (Å²) in [7, 11) is -0.949. The van der Waals surface area contributed by atoms with Crippen molar-refractivity contribution in [1.29, 1.82) is 0 Å². The highest BCUT2D eigenvalue weighted by Crippen LogP contribution is 2.24. The summed E-state index contributed by atoms with van der Waals surface area (Å²) in [5, 5.41) is 13.5.